The minimum absolute atomic E-state index is 0.0671. The number of hydrogen-bond acceptors (Lipinski definition) is 4. The van der Waals surface area contributed by atoms with E-state index in [1.54, 1.807) is 13.1 Å². The van der Waals surface area contributed by atoms with Gasteiger partial charge in [-0.1, -0.05) is 6.42 Å². The van der Waals surface area contributed by atoms with E-state index in [4.69, 9.17) is 5.73 Å². The fraction of sp³-hybridized carbons (Fsp3) is 0.682. The van der Waals surface area contributed by atoms with Crippen molar-refractivity contribution in [2.24, 2.45) is 17.8 Å². The van der Waals surface area contributed by atoms with Gasteiger partial charge in [0.25, 0.3) is 5.91 Å². The van der Waals surface area contributed by atoms with Crippen molar-refractivity contribution < 1.29 is 18.0 Å². The summed E-state index contributed by atoms with van der Waals surface area (Å²) in [4.78, 5) is 15.4. The zero-order valence-corrected chi connectivity index (χ0v) is 17.4. The zero-order valence-electron chi connectivity index (χ0n) is 17.4. The molecule has 4 rings (SSSR count). The van der Waals surface area contributed by atoms with Crippen molar-refractivity contribution in [3.63, 3.8) is 0 Å². The third kappa shape index (κ3) is 4.18. The number of anilines is 3. The molecular weight excluding hydrogens is 393 g/mol. The summed E-state index contributed by atoms with van der Waals surface area (Å²) in [6.07, 6.45) is 0.438. The number of carbonyl (C=O) groups is 1. The fourth-order valence-electron chi connectivity index (χ4n) is 5.52. The SMILES string of the molecule is CNc1cc(N2CC3CCCC3C2)c(C(=O)NC2CCC(C(F)(F)F)CC2)cc1N. The molecule has 1 aromatic carbocycles. The molecule has 0 spiro atoms. The van der Waals surface area contributed by atoms with Crippen molar-refractivity contribution in [2.45, 2.75) is 57.2 Å². The van der Waals surface area contributed by atoms with Crippen molar-refractivity contribution in [2.75, 3.05) is 36.1 Å². The number of fused-ring (bicyclic) bond motifs is 1. The summed E-state index contributed by atoms with van der Waals surface area (Å²) in [6.45, 7) is 1.88. The maximum absolute atomic E-state index is 13.1. The third-order valence-corrected chi connectivity index (χ3v) is 7.27. The summed E-state index contributed by atoms with van der Waals surface area (Å²) in [7, 11) is 1.80. The van der Waals surface area contributed by atoms with Gasteiger partial charge in [-0.2, -0.15) is 13.2 Å². The van der Waals surface area contributed by atoms with Gasteiger partial charge < -0.3 is 21.3 Å². The average molecular weight is 425 g/mol. The number of amides is 1. The summed E-state index contributed by atoms with van der Waals surface area (Å²) in [5, 5.41) is 6.06. The molecule has 1 amide bonds. The Morgan fingerprint density at radius 3 is 2.27 bits per heavy atom. The van der Waals surface area contributed by atoms with Gasteiger partial charge in [0, 0.05) is 26.2 Å². The molecule has 2 unspecified atom stereocenters. The van der Waals surface area contributed by atoms with Gasteiger partial charge in [0.2, 0.25) is 0 Å². The Hall–Kier alpha value is -2.12. The van der Waals surface area contributed by atoms with Crippen LogP contribution in [-0.2, 0) is 0 Å². The van der Waals surface area contributed by atoms with E-state index < -0.39 is 12.1 Å². The van der Waals surface area contributed by atoms with Gasteiger partial charge in [-0.05, 0) is 62.5 Å². The van der Waals surface area contributed by atoms with Crippen LogP contribution in [0.25, 0.3) is 0 Å². The molecule has 4 N–H and O–H groups in total. The number of nitrogens with two attached hydrogens (primary N) is 1. The monoisotopic (exact) mass is 424 g/mol. The van der Waals surface area contributed by atoms with Crippen molar-refractivity contribution >= 4 is 23.0 Å². The quantitative estimate of drug-likeness (QED) is 0.627. The molecule has 2 atom stereocenters. The van der Waals surface area contributed by atoms with Crippen molar-refractivity contribution in [3.8, 4) is 0 Å². The number of carbonyl (C=O) groups excluding carboxylic acids is 1. The molecule has 8 heteroatoms. The van der Waals surface area contributed by atoms with Gasteiger partial charge in [0.1, 0.15) is 0 Å². The van der Waals surface area contributed by atoms with Crippen LogP contribution >= 0.6 is 0 Å². The number of nitrogens with one attached hydrogen (secondary N) is 2. The van der Waals surface area contributed by atoms with Crippen LogP contribution in [0.15, 0.2) is 12.1 Å². The van der Waals surface area contributed by atoms with Crippen molar-refractivity contribution in [1.82, 2.24) is 5.32 Å². The van der Waals surface area contributed by atoms with Crippen molar-refractivity contribution in [3.05, 3.63) is 17.7 Å². The molecule has 166 valence electrons. The van der Waals surface area contributed by atoms with Gasteiger partial charge >= 0.3 is 6.18 Å². The molecule has 2 saturated carbocycles. The van der Waals surface area contributed by atoms with Crippen LogP contribution < -0.4 is 21.3 Å². The van der Waals surface area contributed by atoms with E-state index in [1.165, 1.54) is 19.3 Å². The Morgan fingerprint density at radius 1 is 1.07 bits per heavy atom. The topological polar surface area (TPSA) is 70.4 Å². The number of nitrogens with zero attached hydrogens (tertiary/aromatic N) is 1. The second-order valence-corrected chi connectivity index (χ2v) is 9.13. The van der Waals surface area contributed by atoms with Crippen LogP contribution in [0, 0.1) is 17.8 Å². The van der Waals surface area contributed by atoms with Gasteiger partial charge in [0.15, 0.2) is 0 Å². The Balaban J connectivity index is 1.50. The first-order valence-corrected chi connectivity index (χ1v) is 11.0. The lowest BCUT2D eigenvalue weighted by atomic mass is 9.85. The highest BCUT2D eigenvalue weighted by Gasteiger charge is 2.42. The molecule has 1 aliphatic heterocycles. The number of hydrogen-bond donors (Lipinski definition) is 3. The molecule has 1 aromatic rings. The molecule has 30 heavy (non-hydrogen) atoms. The maximum atomic E-state index is 13.1. The highest BCUT2D eigenvalue weighted by atomic mass is 19.4. The second kappa shape index (κ2) is 8.19. The largest absolute Gasteiger partial charge is 0.397 e. The molecule has 3 fully saturated rings. The highest BCUT2D eigenvalue weighted by molar-refractivity contribution is 6.02. The van der Waals surface area contributed by atoms with E-state index in [0.717, 1.165) is 24.5 Å². The summed E-state index contributed by atoms with van der Waals surface area (Å²) in [5.74, 6) is -0.147. The molecule has 2 aliphatic carbocycles. The smallest absolute Gasteiger partial charge is 0.391 e. The number of rotatable bonds is 4. The van der Waals surface area contributed by atoms with Crippen LogP contribution in [0.4, 0.5) is 30.2 Å². The first-order valence-electron chi connectivity index (χ1n) is 11.0. The molecule has 3 aliphatic rings. The minimum atomic E-state index is -4.15. The molecule has 0 radical (unpaired) electrons. The molecular formula is C22H31F3N4O. The molecule has 5 nitrogen and oxygen atoms in total. The van der Waals surface area contributed by atoms with Crippen LogP contribution in [0.5, 0.6) is 0 Å². The van der Waals surface area contributed by atoms with E-state index in [-0.39, 0.29) is 24.8 Å². The lowest BCUT2D eigenvalue weighted by molar-refractivity contribution is -0.182. The average Bonchev–Trinajstić information content (AvgIpc) is 3.29. The van der Waals surface area contributed by atoms with E-state index >= 15 is 0 Å². The van der Waals surface area contributed by atoms with Gasteiger partial charge in [-0.25, -0.2) is 0 Å². The Labute approximate surface area is 175 Å². The Morgan fingerprint density at radius 2 is 1.70 bits per heavy atom. The Kier molecular flexibility index (Phi) is 5.77. The second-order valence-electron chi connectivity index (χ2n) is 9.13. The van der Waals surface area contributed by atoms with Crippen LogP contribution in [0.1, 0.15) is 55.3 Å². The predicted octanol–water partition coefficient (Wildman–Crippen LogP) is 4.40. The lowest BCUT2D eigenvalue weighted by Crippen LogP contribution is -2.40. The van der Waals surface area contributed by atoms with Crippen LogP contribution in [0.3, 0.4) is 0 Å². The van der Waals surface area contributed by atoms with E-state index in [2.05, 4.69) is 15.5 Å². The predicted molar refractivity (Wildman–Crippen MR) is 113 cm³/mol. The van der Waals surface area contributed by atoms with Gasteiger partial charge in [-0.15, -0.1) is 0 Å². The number of alkyl halides is 3. The van der Waals surface area contributed by atoms with E-state index in [0.29, 0.717) is 35.9 Å². The fourth-order valence-corrected chi connectivity index (χ4v) is 5.52. The summed E-state index contributed by atoms with van der Waals surface area (Å²) in [5.41, 5.74) is 8.80. The first-order chi connectivity index (χ1) is 14.3. The number of benzene rings is 1. The van der Waals surface area contributed by atoms with Crippen molar-refractivity contribution in [1.29, 1.82) is 0 Å². The standard InChI is InChI=1S/C22H31F3N4O/c1-27-19-10-20(29-11-13-3-2-4-14(13)12-29)17(9-18(19)26)21(30)28-16-7-5-15(6-8-16)22(23,24)25/h9-10,13-16,27H,2-8,11-12,26H2,1H3,(H,28,30). The summed E-state index contributed by atoms with van der Waals surface area (Å²) >= 11 is 0. The molecule has 1 heterocycles. The third-order valence-electron chi connectivity index (χ3n) is 7.27. The normalized spacial score (nSPS) is 29.0. The minimum Gasteiger partial charge on any atom is -0.397 e. The van der Waals surface area contributed by atoms with Crippen LogP contribution in [-0.4, -0.2) is 38.3 Å². The van der Waals surface area contributed by atoms with E-state index in [1.807, 2.05) is 6.07 Å². The zero-order chi connectivity index (χ0) is 21.5. The number of nitrogen functional groups attached to an aromatic ring is 1. The number of halogens is 3. The Bertz CT molecular complexity index is 777. The summed E-state index contributed by atoms with van der Waals surface area (Å²) < 4.78 is 38.8. The molecule has 0 aromatic heterocycles. The highest BCUT2D eigenvalue weighted by Crippen LogP contribution is 2.42. The van der Waals surface area contributed by atoms with Crippen LogP contribution in [0.2, 0.25) is 0 Å². The first kappa shape index (κ1) is 21.1. The maximum Gasteiger partial charge on any atom is 0.391 e. The molecule has 1 saturated heterocycles. The molecule has 0 bridgehead atoms. The van der Waals surface area contributed by atoms with Gasteiger partial charge in [0.05, 0.1) is 28.5 Å². The van der Waals surface area contributed by atoms with E-state index in [9.17, 15) is 18.0 Å². The van der Waals surface area contributed by atoms with Gasteiger partial charge in [-0.3, -0.25) is 4.79 Å². The lowest BCUT2D eigenvalue weighted by Gasteiger charge is -2.31. The summed E-state index contributed by atoms with van der Waals surface area (Å²) in [6, 6.07) is 3.41.